The normalized spacial score (nSPS) is 11.0. The summed E-state index contributed by atoms with van der Waals surface area (Å²) in [4.78, 5) is 18.1. The van der Waals surface area contributed by atoms with Crippen LogP contribution in [0.4, 0.5) is 5.82 Å². The molecule has 1 N–H and O–H groups in total. The van der Waals surface area contributed by atoms with Gasteiger partial charge in [0, 0.05) is 24.6 Å². The smallest absolute Gasteiger partial charge is 0.153 e. The van der Waals surface area contributed by atoms with E-state index in [1.165, 1.54) is 0 Å². The van der Waals surface area contributed by atoms with Gasteiger partial charge in [0.15, 0.2) is 6.29 Å². The number of pyridine rings is 1. The molecule has 0 saturated carbocycles. The van der Waals surface area contributed by atoms with E-state index >= 15 is 0 Å². The lowest BCUT2D eigenvalue weighted by atomic mass is 10.1. The van der Waals surface area contributed by atoms with Crippen LogP contribution >= 0.6 is 0 Å². The van der Waals surface area contributed by atoms with Crippen molar-refractivity contribution >= 4 is 23.0 Å². The highest BCUT2D eigenvalue weighted by Crippen LogP contribution is 2.24. The molecular formula is C16H20N2O2. The van der Waals surface area contributed by atoms with Crippen LogP contribution in [0.15, 0.2) is 30.3 Å². The Kier molecular flexibility index (Phi) is 4.69. The van der Waals surface area contributed by atoms with E-state index in [1.54, 1.807) is 0 Å². The number of aliphatic hydroxyl groups is 1. The van der Waals surface area contributed by atoms with Gasteiger partial charge in [-0.25, -0.2) is 4.98 Å². The molecule has 0 aliphatic carbocycles. The van der Waals surface area contributed by atoms with E-state index in [-0.39, 0.29) is 12.6 Å². The van der Waals surface area contributed by atoms with Gasteiger partial charge in [0.2, 0.25) is 0 Å². The van der Waals surface area contributed by atoms with E-state index in [9.17, 15) is 4.79 Å². The van der Waals surface area contributed by atoms with Crippen LogP contribution in [0, 0.1) is 0 Å². The molecule has 1 aromatic carbocycles. The summed E-state index contributed by atoms with van der Waals surface area (Å²) in [5, 5.41) is 9.99. The van der Waals surface area contributed by atoms with E-state index in [0.717, 1.165) is 17.2 Å². The number of nitrogens with zero attached hydrogens (tertiary/aromatic N) is 2. The molecule has 0 spiro atoms. The molecule has 2 aromatic rings. The van der Waals surface area contributed by atoms with Crippen LogP contribution in [-0.2, 0) is 0 Å². The summed E-state index contributed by atoms with van der Waals surface area (Å²) >= 11 is 0. The largest absolute Gasteiger partial charge is 0.396 e. The van der Waals surface area contributed by atoms with Crippen LogP contribution in [0.5, 0.6) is 0 Å². The molecule has 0 fully saturated rings. The summed E-state index contributed by atoms with van der Waals surface area (Å²) < 4.78 is 0. The molecule has 0 atom stereocenters. The molecule has 0 aliphatic heterocycles. The second kappa shape index (κ2) is 6.48. The quantitative estimate of drug-likeness (QED) is 0.821. The van der Waals surface area contributed by atoms with Crippen molar-refractivity contribution in [3.63, 3.8) is 0 Å². The Morgan fingerprint density at radius 1 is 1.35 bits per heavy atom. The molecule has 0 radical (unpaired) electrons. The zero-order valence-corrected chi connectivity index (χ0v) is 11.9. The van der Waals surface area contributed by atoms with E-state index in [1.807, 2.05) is 30.3 Å². The van der Waals surface area contributed by atoms with Gasteiger partial charge in [-0.15, -0.1) is 0 Å². The summed E-state index contributed by atoms with van der Waals surface area (Å²) in [7, 11) is 0. The standard InChI is InChI=1S/C16H20N2O2/c1-12(2)18(8-5-9-19)16-14(11-20)10-13-6-3-4-7-15(13)17-16/h3-4,6-7,10-12,19H,5,8-9H2,1-2H3. The lowest BCUT2D eigenvalue weighted by Gasteiger charge is -2.29. The third-order valence-electron chi connectivity index (χ3n) is 3.31. The summed E-state index contributed by atoms with van der Waals surface area (Å²) in [6.07, 6.45) is 1.51. The van der Waals surface area contributed by atoms with Gasteiger partial charge in [-0.3, -0.25) is 4.79 Å². The number of aromatic nitrogens is 1. The Labute approximate surface area is 119 Å². The van der Waals surface area contributed by atoms with Crippen molar-refractivity contribution in [3.8, 4) is 0 Å². The van der Waals surface area contributed by atoms with Crippen molar-refractivity contribution in [1.82, 2.24) is 4.98 Å². The fourth-order valence-corrected chi connectivity index (χ4v) is 2.29. The molecule has 2 rings (SSSR count). The number of hydrogen-bond donors (Lipinski definition) is 1. The molecule has 0 saturated heterocycles. The van der Waals surface area contributed by atoms with Gasteiger partial charge in [0.05, 0.1) is 11.1 Å². The Balaban J connectivity index is 2.51. The number of aliphatic hydroxyl groups excluding tert-OH is 1. The van der Waals surface area contributed by atoms with Crippen LogP contribution in [-0.4, -0.2) is 35.6 Å². The third-order valence-corrected chi connectivity index (χ3v) is 3.31. The molecule has 0 unspecified atom stereocenters. The fourth-order valence-electron chi connectivity index (χ4n) is 2.29. The monoisotopic (exact) mass is 272 g/mol. The summed E-state index contributed by atoms with van der Waals surface area (Å²) in [5.41, 5.74) is 1.47. The first kappa shape index (κ1) is 14.5. The molecule has 1 aromatic heterocycles. The Hall–Kier alpha value is -1.94. The van der Waals surface area contributed by atoms with E-state index in [4.69, 9.17) is 5.11 Å². The van der Waals surface area contributed by atoms with E-state index < -0.39 is 0 Å². The summed E-state index contributed by atoms with van der Waals surface area (Å²) in [6, 6.07) is 9.86. The van der Waals surface area contributed by atoms with E-state index in [2.05, 4.69) is 23.7 Å². The van der Waals surface area contributed by atoms with Crippen LogP contribution < -0.4 is 4.90 Å². The molecule has 20 heavy (non-hydrogen) atoms. The first-order valence-electron chi connectivity index (χ1n) is 6.90. The predicted octanol–water partition coefficient (Wildman–Crippen LogP) is 2.64. The molecule has 106 valence electrons. The lowest BCUT2D eigenvalue weighted by Crippen LogP contribution is -2.33. The maximum Gasteiger partial charge on any atom is 0.153 e. The highest BCUT2D eigenvalue weighted by molar-refractivity contribution is 5.91. The third kappa shape index (κ3) is 2.96. The number of benzene rings is 1. The van der Waals surface area contributed by atoms with Gasteiger partial charge in [-0.2, -0.15) is 0 Å². The maximum absolute atomic E-state index is 11.4. The Bertz CT molecular complexity index is 596. The highest BCUT2D eigenvalue weighted by Gasteiger charge is 2.16. The number of para-hydroxylation sites is 1. The van der Waals surface area contributed by atoms with Gasteiger partial charge in [-0.05, 0) is 32.4 Å². The molecule has 0 amide bonds. The van der Waals surface area contributed by atoms with Gasteiger partial charge in [-0.1, -0.05) is 18.2 Å². The van der Waals surface area contributed by atoms with Gasteiger partial charge in [0.25, 0.3) is 0 Å². The van der Waals surface area contributed by atoms with Crippen LogP contribution in [0.2, 0.25) is 0 Å². The van der Waals surface area contributed by atoms with Crippen molar-refractivity contribution in [2.75, 3.05) is 18.1 Å². The fraction of sp³-hybridized carbons (Fsp3) is 0.375. The first-order chi connectivity index (χ1) is 9.67. The molecule has 1 heterocycles. The predicted molar refractivity (Wildman–Crippen MR) is 81.3 cm³/mol. The highest BCUT2D eigenvalue weighted by atomic mass is 16.3. The van der Waals surface area contributed by atoms with Gasteiger partial charge in [0.1, 0.15) is 5.82 Å². The molecule has 0 aliphatic rings. The van der Waals surface area contributed by atoms with Gasteiger partial charge < -0.3 is 10.0 Å². The second-order valence-electron chi connectivity index (χ2n) is 5.08. The van der Waals surface area contributed by atoms with Crippen LogP contribution in [0.25, 0.3) is 10.9 Å². The minimum Gasteiger partial charge on any atom is -0.396 e. The number of hydrogen-bond acceptors (Lipinski definition) is 4. The molecule has 4 heteroatoms. The number of carbonyl (C=O) groups excluding carboxylic acids is 1. The Morgan fingerprint density at radius 2 is 2.10 bits per heavy atom. The minimum absolute atomic E-state index is 0.132. The van der Waals surface area contributed by atoms with Crippen molar-refractivity contribution in [2.24, 2.45) is 0 Å². The average molecular weight is 272 g/mol. The second-order valence-corrected chi connectivity index (χ2v) is 5.08. The Morgan fingerprint density at radius 3 is 2.75 bits per heavy atom. The maximum atomic E-state index is 11.4. The minimum atomic E-state index is 0.132. The van der Waals surface area contributed by atoms with Crippen LogP contribution in [0.3, 0.4) is 0 Å². The zero-order valence-electron chi connectivity index (χ0n) is 11.9. The number of aldehydes is 1. The van der Waals surface area contributed by atoms with Crippen molar-refractivity contribution in [2.45, 2.75) is 26.3 Å². The molecule has 4 nitrogen and oxygen atoms in total. The number of rotatable bonds is 6. The summed E-state index contributed by atoms with van der Waals surface area (Å²) in [6.45, 7) is 4.93. The topological polar surface area (TPSA) is 53.4 Å². The number of fused-ring (bicyclic) bond motifs is 1. The molecule has 0 bridgehead atoms. The molecular weight excluding hydrogens is 252 g/mol. The lowest BCUT2D eigenvalue weighted by molar-refractivity contribution is 0.112. The zero-order chi connectivity index (χ0) is 14.5. The first-order valence-corrected chi connectivity index (χ1v) is 6.90. The summed E-state index contributed by atoms with van der Waals surface area (Å²) in [5.74, 6) is 0.696. The average Bonchev–Trinajstić information content (AvgIpc) is 2.46. The SMILES string of the molecule is CC(C)N(CCCO)c1nc2ccccc2cc1C=O. The van der Waals surface area contributed by atoms with E-state index in [0.29, 0.717) is 24.3 Å². The van der Waals surface area contributed by atoms with Crippen LogP contribution in [0.1, 0.15) is 30.6 Å². The van der Waals surface area contributed by atoms with Crippen molar-refractivity contribution in [1.29, 1.82) is 0 Å². The number of anilines is 1. The van der Waals surface area contributed by atoms with Gasteiger partial charge >= 0.3 is 0 Å². The van der Waals surface area contributed by atoms with Crippen molar-refractivity contribution < 1.29 is 9.90 Å². The number of carbonyl (C=O) groups is 1. The van der Waals surface area contributed by atoms with Crippen molar-refractivity contribution in [3.05, 3.63) is 35.9 Å².